The molecule has 1 amide bonds. The van der Waals surface area contributed by atoms with Gasteiger partial charge in [0, 0.05) is 5.39 Å². The molecule has 1 aromatic carbocycles. The zero-order chi connectivity index (χ0) is 13.2. The predicted molar refractivity (Wildman–Crippen MR) is 71.1 cm³/mol. The lowest BCUT2D eigenvalue weighted by Gasteiger charge is -2.05. The first-order chi connectivity index (χ1) is 9.24. The number of aromatic nitrogens is 4. The van der Waals surface area contributed by atoms with E-state index in [1.165, 1.54) is 12.4 Å². The SMILES string of the molecule is O=C(Nc1cccc2[nH]ncc12)c1cncc(Cl)n1. The van der Waals surface area contributed by atoms with E-state index in [9.17, 15) is 4.79 Å². The van der Waals surface area contributed by atoms with Crippen LogP contribution in [-0.4, -0.2) is 26.1 Å². The first-order valence-electron chi connectivity index (χ1n) is 5.45. The number of aromatic amines is 1. The Bertz CT molecular complexity index is 754. The molecule has 94 valence electrons. The van der Waals surface area contributed by atoms with Crippen LogP contribution in [0.25, 0.3) is 10.9 Å². The van der Waals surface area contributed by atoms with Gasteiger partial charge in [0.1, 0.15) is 10.8 Å². The van der Waals surface area contributed by atoms with Crippen LogP contribution in [0.5, 0.6) is 0 Å². The van der Waals surface area contributed by atoms with Gasteiger partial charge in [0.15, 0.2) is 0 Å². The maximum atomic E-state index is 12.0. The summed E-state index contributed by atoms with van der Waals surface area (Å²) in [5, 5.41) is 10.5. The number of benzene rings is 1. The van der Waals surface area contributed by atoms with Crippen LogP contribution < -0.4 is 5.32 Å². The van der Waals surface area contributed by atoms with Gasteiger partial charge in [-0.25, -0.2) is 4.98 Å². The summed E-state index contributed by atoms with van der Waals surface area (Å²) in [6.07, 6.45) is 4.38. The molecule has 0 bridgehead atoms. The number of nitrogens with one attached hydrogen (secondary N) is 2. The lowest BCUT2D eigenvalue weighted by molar-refractivity contribution is 0.102. The largest absolute Gasteiger partial charge is 0.320 e. The summed E-state index contributed by atoms with van der Waals surface area (Å²) < 4.78 is 0. The Morgan fingerprint density at radius 1 is 1.26 bits per heavy atom. The molecule has 0 saturated carbocycles. The number of halogens is 1. The monoisotopic (exact) mass is 273 g/mol. The summed E-state index contributed by atoms with van der Waals surface area (Å²) in [5.41, 5.74) is 1.65. The summed E-state index contributed by atoms with van der Waals surface area (Å²) in [5.74, 6) is -0.372. The Morgan fingerprint density at radius 2 is 2.16 bits per heavy atom. The maximum absolute atomic E-state index is 12.0. The highest BCUT2D eigenvalue weighted by Gasteiger charge is 2.11. The van der Waals surface area contributed by atoms with Crippen molar-refractivity contribution in [1.29, 1.82) is 0 Å². The summed E-state index contributed by atoms with van der Waals surface area (Å²) >= 11 is 5.70. The average molecular weight is 274 g/mol. The third-order valence-electron chi connectivity index (χ3n) is 2.57. The average Bonchev–Trinajstić information content (AvgIpc) is 2.88. The van der Waals surface area contributed by atoms with Crippen LogP contribution >= 0.6 is 11.6 Å². The van der Waals surface area contributed by atoms with Crippen molar-refractivity contribution >= 4 is 34.1 Å². The van der Waals surface area contributed by atoms with Gasteiger partial charge in [0.05, 0.1) is 29.8 Å². The standard InChI is InChI=1S/C12H8ClN5O/c13-11-6-14-5-10(16-11)12(19)17-8-2-1-3-9-7(8)4-15-18-9/h1-6H,(H,15,18)(H,17,19). The van der Waals surface area contributed by atoms with E-state index in [-0.39, 0.29) is 16.8 Å². The molecule has 2 N–H and O–H groups in total. The van der Waals surface area contributed by atoms with Gasteiger partial charge in [-0.1, -0.05) is 17.7 Å². The summed E-state index contributed by atoms with van der Waals surface area (Å²) in [6.45, 7) is 0. The fraction of sp³-hybridized carbons (Fsp3) is 0. The number of hydrogen-bond donors (Lipinski definition) is 2. The second-order valence-corrected chi connectivity index (χ2v) is 4.21. The van der Waals surface area contributed by atoms with Crippen LogP contribution in [0, 0.1) is 0 Å². The first kappa shape index (κ1) is 11.6. The summed E-state index contributed by atoms with van der Waals surface area (Å²) in [6, 6.07) is 5.48. The van der Waals surface area contributed by atoms with Crippen molar-refractivity contribution in [2.75, 3.05) is 5.32 Å². The molecule has 2 aromatic heterocycles. The number of amides is 1. The van der Waals surface area contributed by atoms with E-state index in [0.717, 1.165) is 10.9 Å². The lowest BCUT2D eigenvalue weighted by atomic mass is 10.2. The van der Waals surface area contributed by atoms with Crippen LogP contribution in [0.2, 0.25) is 5.15 Å². The minimum Gasteiger partial charge on any atom is -0.320 e. The molecule has 0 fully saturated rings. The van der Waals surface area contributed by atoms with Crippen molar-refractivity contribution in [1.82, 2.24) is 20.2 Å². The fourth-order valence-corrected chi connectivity index (χ4v) is 1.86. The normalized spacial score (nSPS) is 10.6. The molecular formula is C12H8ClN5O. The third-order valence-corrected chi connectivity index (χ3v) is 2.75. The number of H-pyrrole nitrogens is 1. The predicted octanol–water partition coefficient (Wildman–Crippen LogP) is 2.26. The van der Waals surface area contributed by atoms with Gasteiger partial charge >= 0.3 is 0 Å². The quantitative estimate of drug-likeness (QED) is 0.750. The minimum atomic E-state index is -0.372. The van der Waals surface area contributed by atoms with E-state index in [2.05, 4.69) is 25.5 Å². The third kappa shape index (κ3) is 2.25. The Hall–Kier alpha value is -2.47. The topological polar surface area (TPSA) is 83.6 Å². The van der Waals surface area contributed by atoms with E-state index in [1.54, 1.807) is 12.3 Å². The Labute approximate surface area is 112 Å². The molecule has 0 aliphatic rings. The fourth-order valence-electron chi connectivity index (χ4n) is 1.72. The number of carbonyl (C=O) groups excluding carboxylic acids is 1. The Morgan fingerprint density at radius 3 is 3.00 bits per heavy atom. The molecule has 0 radical (unpaired) electrons. The van der Waals surface area contributed by atoms with E-state index in [1.807, 2.05) is 12.1 Å². The molecule has 6 nitrogen and oxygen atoms in total. The highest BCUT2D eigenvalue weighted by Crippen LogP contribution is 2.21. The molecule has 0 aliphatic carbocycles. The minimum absolute atomic E-state index is 0.160. The number of fused-ring (bicyclic) bond motifs is 1. The van der Waals surface area contributed by atoms with E-state index in [0.29, 0.717) is 5.69 Å². The number of anilines is 1. The molecule has 3 aromatic rings. The van der Waals surface area contributed by atoms with Crippen LogP contribution in [0.15, 0.2) is 36.8 Å². The molecular weight excluding hydrogens is 266 g/mol. The van der Waals surface area contributed by atoms with Crippen molar-refractivity contribution < 1.29 is 4.79 Å². The van der Waals surface area contributed by atoms with Gasteiger partial charge in [0.25, 0.3) is 5.91 Å². The van der Waals surface area contributed by atoms with Crippen molar-refractivity contribution in [2.24, 2.45) is 0 Å². The molecule has 0 saturated heterocycles. The van der Waals surface area contributed by atoms with Gasteiger partial charge in [-0.05, 0) is 12.1 Å². The van der Waals surface area contributed by atoms with E-state index >= 15 is 0 Å². The molecule has 2 heterocycles. The molecule has 0 aliphatic heterocycles. The number of nitrogens with zero attached hydrogens (tertiary/aromatic N) is 3. The van der Waals surface area contributed by atoms with Gasteiger partial charge < -0.3 is 5.32 Å². The van der Waals surface area contributed by atoms with Gasteiger partial charge in [0.2, 0.25) is 0 Å². The van der Waals surface area contributed by atoms with E-state index < -0.39 is 0 Å². The first-order valence-corrected chi connectivity index (χ1v) is 5.83. The van der Waals surface area contributed by atoms with Crippen molar-refractivity contribution in [2.45, 2.75) is 0 Å². The maximum Gasteiger partial charge on any atom is 0.275 e. The second kappa shape index (κ2) is 4.66. The van der Waals surface area contributed by atoms with Crippen molar-refractivity contribution in [3.63, 3.8) is 0 Å². The van der Waals surface area contributed by atoms with Crippen LogP contribution in [0.4, 0.5) is 5.69 Å². The Balaban J connectivity index is 1.93. The molecule has 7 heteroatoms. The molecule has 3 rings (SSSR count). The summed E-state index contributed by atoms with van der Waals surface area (Å²) in [7, 11) is 0. The Kier molecular flexibility index (Phi) is 2.85. The van der Waals surface area contributed by atoms with Gasteiger partial charge in [-0.3, -0.25) is 14.9 Å². The zero-order valence-corrected chi connectivity index (χ0v) is 10.3. The molecule has 0 spiro atoms. The van der Waals surface area contributed by atoms with Gasteiger partial charge in [-0.15, -0.1) is 0 Å². The van der Waals surface area contributed by atoms with E-state index in [4.69, 9.17) is 11.6 Å². The highest BCUT2D eigenvalue weighted by atomic mass is 35.5. The van der Waals surface area contributed by atoms with Crippen LogP contribution in [-0.2, 0) is 0 Å². The van der Waals surface area contributed by atoms with Crippen LogP contribution in [0.1, 0.15) is 10.5 Å². The number of rotatable bonds is 2. The second-order valence-electron chi connectivity index (χ2n) is 3.82. The zero-order valence-electron chi connectivity index (χ0n) is 9.59. The van der Waals surface area contributed by atoms with Crippen LogP contribution in [0.3, 0.4) is 0 Å². The summed E-state index contributed by atoms with van der Waals surface area (Å²) in [4.78, 5) is 19.8. The number of hydrogen-bond acceptors (Lipinski definition) is 4. The molecule has 0 atom stereocenters. The molecule has 19 heavy (non-hydrogen) atoms. The van der Waals surface area contributed by atoms with Crippen molar-refractivity contribution in [3.8, 4) is 0 Å². The molecule has 0 unspecified atom stereocenters. The lowest BCUT2D eigenvalue weighted by Crippen LogP contribution is -2.14. The van der Waals surface area contributed by atoms with Crippen molar-refractivity contribution in [3.05, 3.63) is 47.6 Å². The highest BCUT2D eigenvalue weighted by molar-refractivity contribution is 6.29. The van der Waals surface area contributed by atoms with Gasteiger partial charge in [-0.2, -0.15) is 5.10 Å². The number of carbonyl (C=O) groups is 1. The smallest absolute Gasteiger partial charge is 0.275 e.